The highest BCUT2D eigenvalue weighted by molar-refractivity contribution is 5.96. The molecule has 3 aliphatic rings. The molecular weight excluding hydrogens is 520 g/mol. The van der Waals surface area contributed by atoms with Gasteiger partial charge in [0.25, 0.3) is 0 Å². The summed E-state index contributed by atoms with van der Waals surface area (Å²) in [6.07, 6.45) is 4.94. The zero-order valence-electron chi connectivity index (χ0n) is 23.4. The van der Waals surface area contributed by atoms with Gasteiger partial charge in [0.2, 0.25) is 23.6 Å². The molecule has 9 nitrogen and oxygen atoms in total. The molecule has 2 aromatic rings. The van der Waals surface area contributed by atoms with Gasteiger partial charge in [-0.1, -0.05) is 79.9 Å². The molecule has 0 unspecified atom stereocenters. The molecule has 41 heavy (non-hydrogen) atoms. The zero-order chi connectivity index (χ0) is 28.8. The molecular formula is C32H40N4O5. The topological polar surface area (TPSA) is 128 Å². The van der Waals surface area contributed by atoms with Gasteiger partial charge < -0.3 is 26.0 Å². The van der Waals surface area contributed by atoms with Crippen molar-refractivity contribution in [1.29, 1.82) is 0 Å². The zero-order valence-corrected chi connectivity index (χ0v) is 23.4. The van der Waals surface area contributed by atoms with E-state index in [1.54, 1.807) is 0 Å². The fraction of sp³-hybridized carbons (Fsp3) is 0.500. The van der Waals surface area contributed by atoms with Crippen LogP contribution in [-0.4, -0.2) is 69.9 Å². The lowest BCUT2D eigenvalue weighted by Crippen LogP contribution is -2.64. The number of fused-ring (bicyclic) bond motifs is 1. The van der Waals surface area contributed by atoms with Crippen molar-refractivity contribution in [2.45, 2.75) is 94.0 Å². The normalized spacial score (nSPS) is 27.4. The van der Waals surface area contributed by atoms with Crippen LogP contribution in [0.2, 0.25) is 0 Å². The highest BCUT2D eigenvalue weighted by Crippen LogP contribution is 2.32. The predicted octanol–water partition coefficient (Wildman–Crippen LogP) is 2.02. The van der Waals surface area contributed by atoms with E-state index >= 15 is 0 Å². The molecule has 0 spiro atoms. The maximum absolute atomic E-state index is 13.9. The average molecular weight is 561 g/mol. The van der Waals surface area contributed by atoms with E-state index < -0.39 is 41.6 Å². The first-order valence-electron chi connectivity index (χ1n) is 14.8. The average Bonchev–Trinajstić information content (AvgIpc) is 3.46. The van der Waals surface area contributed by atoms with E-state index in [0.29, 0.717) is 38.6 Å². The lowest BCUT2D eigenvalue weighted by atomic mass is 9.78. The Hall–Kier alpha value is -3.72. The first kappa shape index (κ1) is 28.8. The molecule has 4 N–H and O–H groups in total. The summed E-state index contributed by atoms with van der Waals surface area (Å²) in [5, 5.41) is 20.4. The van der Waals surface area contributed by atoms with Gasteiger partial charge in [-0.15, -0.1) is 0 Å². The number of benzene rings is 2. The standard InChI is InChI=1S/C32H40N4O5/c37-27-21-24(19-22-11-4-1-5-12-22)33-30(39)28(32(41)16-8-3-9-17-32)35-29(38)26-15-10-18-36(26)31(40)25(34-27)20-23-13-6-2-7-14-23/h1-2,4-7,11-14,24-26,28,41H,3,8-10,15-21H2,(H,33,39)(H,34,37)(H,35,38)/t24-,25-,26+,28+/m0/s1. The van der Waals surface area contributed by atoms with Crippen LogP contribution >= 0.6 is 0 Å². The number of carbonyl (C=O) groups excluding carboxylic acids is 4. The Balaban J connectivity index is 1.49. The van der Waals surface area contributed by atoms with Crippen molar-refractivity contribution in [3.05, 3.63) is 71.8 Å². The predicted molar refractivity (Wildman–Crippen MR) is 153 cm³/mol. The van der Waals surface area contributed by atoms with Crippen molar-refractivity contribution in [3.8, 4) is 0 Å². The van der Waals surface area contributed by atoms with E-state index in [1.165, 1.54) is 4.90 Å². The molecule has 2 saturated heterocycles. The van der Waals surface area contributed by atoms with Gasteiger partial charge in [-0.25, -0.2) is 0 Å². The molecule has 4 atom stereocenters. The molecule has 0 radical (unpaired) electrons. The lowest BCUT2D eigenvalue weighted by molar-refractivity contribution is -0.144. The van der Waals surface area contributed by atoms with Gasteiger partial charge in [0.15, 0.2) is 0 Å². The highest BCUT2D eigenvalue weighted by atomic mass is 16.3. The maximum atomic E-state index is 13.9. The quantitative estimate of drug-likeness (QED) is 0.445. The van der Waals surface area contributed by atoms with Gasteiger partial charge in [0.1, 0.15) is 18.1 Å². The summed E-state index contributed by atoms with van der Waals surface area (Å²) in [6.45, 7) is 0.385. The molecule has 2 aliphatic heterocycles. The lowest BCUT2D eigenvalue weighted by Gasteiger charge is -2.39. The van der Waals surface area contributed by atoms with Crippen LogP contribution in [0, 0.1) is 0 Å². The molecule has 2 heterocycles. The minimum Gasteiger partial charge on any atom is -0.387 e. The van der Waals surface area contributed by atoms with Crippen molar-refractivity contribution in [2.75, 3.05) is 6.54 Å². The Kier molecular flexibility index (Phi) is 9.03. The Morgan fingerprint density at radius 2 is 1.39 bits per heavy atom. The fourth-order valence-corrected chi connectivity index (χ4v) is 6.52. The Bertz CT molecular complexity index is 1230. The molecule has 0 bridgehead atoms. The summed E-state index contributed by atoms with van der Waals surface area (Å²) >= 11 is 0. The first-order chi connectivity index (χ1) is 19.8. The summed E-state index contributed by atoms with van der Waals surface area (Å²) in [7, 11) is 0. The van der Waals surface area contributed by atoms with Crippen molar-refractivity contribution >= 4 is 23.6 Å². The number of nitrogens with one attached hydrogen (secondary N) is 3. The number of carbonyl (C=O) groups is 4. The second kappa shape index (κ2) is 12.9. The van der Waals surface area contributed by atoms with Crippen LogP contribution in [0.3, 0.4) is 0 Å². The van der Waals surface area contributed by atoms with Crippen LogP contribution in [0.4, 0.5) is 0 Å². The molecule has 1 saturated carbocycles. The van der Waals surface area contributed by atoms with E-state index in [0.717, 1.165) is 30.4 Å². The van der Waals surface area contributed by atoms with Gasteiger partial charge in [-0.3, -0.25) is 19.2 Å². The Morgan fingerprint density at radius 3 is 2.05 bits per heavy atom. The van der Waals surface area contributed by atoms with Crippen LogP contribution in [0.25, 0.3) is 0 Å². The van der Waals surface area contributed by atoms with Gasteiger partial charge >= 0.3 is 0 Å². The first-order valence-corrected chi connectivity index (χ1v) is 14.8. The molecule has 9 heteroatoms. The van der Waals surface area contributed by atoms with Gasteiger partial charge in [-0.05, 0) is 43.2 Å². The monoisotopic (exact) mass is 560 g/mol. The number of hydrogen-bond acceptors (Lipinski definition) is 5. The van der Waals surface area contributed by atoms with Gasteiger partial charge in [0.05, 0.1) is 5.60 Å². The summed E-state index contributed by atoms with van der Waals surface area (Å²) in [5.74, 6) is -1.63. The second-order valence-electron chi connectivity index (χ2n) is 11.7. The molecule has 2 aromatic carbocycles. The number of hydrogen-bond donors (Lipinski definition) is 4. The fourth-order valence-electron chi connectivity index (χ4n) is 6.52. The van der Waals surface area contributed by atoms with E-state index in [9.17, 15) is 24.3 Å². The number of rotatable bonds is 5. The SMILES string of the molecule is O=C1C[C@H](Cc2ccccc2)NC(=O)[C@H](C2(O)CCCCC2)NC(=O)[C@H]2CCCN2C(=O)[C@H](Cc2ccccc2)N1. The van der Waals surface area contributed by atoms with Crippen LogP contribution in [0.15, 0.2) is 60.7 Å². The van der Waals surface area contributed by atoms with E-state index in [2.05, 4.69) is 16.0 Å². The Labute approximate surface area is 241 Å². The third-order valence-electron chi connectivity index (χ3n) is 8.66. The van der Waals surface area contributed by atoms with Gasteiger partial charge in [0, 0.05) is 25.4 Å². The summed E-state index contributed by atoms with van der Waals surface area (Å²) in [6, 6.07) is 15.6. The molecule has 3 fully saturated rings. The number of aliphatic hydroxyl groups is 1. The van der Waals surface area contributed by atoms with Crippen LogP contribution < -0.4 is 16.0 Å². The van der Waals surface area contributed by atoms with E-state index in [1.807, 2.05) is 60.7 Å². The van der Waals surface area contributed by atoms with E-state index in [-0.39, 0.29) is 24.7 Å². The molecule has 5 rings (SSSR count). The molecule has 218 valence electrons. The van der Waals surface area contributed by atoms with Crippen LogP contribution in [0.1, 0.15) is 62.5 Å². The second-order valence-corrected chi connectivity index (χ2v) is 11.7. The number of nitrogens with zero attached hydrogens (tertiary/aromatic N) is 1. The van der Waals surface area contributed by atoms with Crippen LogP contribution in [-0.2, 0) is 32.0 Å². The van der Waals surface area contributed by atoms with Crippen molar-refractivity contribution in [2.24, 2.45) is 0 Å². The number of amides is 4. The summed E-state index contributed by atoms with van der Waals surface area (Å²) < 4.78 is 0. The summed E-state index contributed by atoms with van der Waals surface area (Å²) in [4.78, 5) is 56.5. The highest BCUT2D eigenvalue weighted by Gasteiger charge is 2.46. The minimum atomic E-state index is -1.40. The smallest absolute Gasteiger partial charge is 0.246 e. The maximum Gasteiger partial charge on any atom is 0.246 e. The molecule has 0 aromatic heterocycles. The molecule has 4 amide bonds. The summed E-state index contributed by atoms with van der Waals surface area (Å²) in [5.41, 5.74) is 0.426. The Morgan fingerprint density at radius 1 is 0.756 bits per heavy atom. The van der Waals surface area contributed by atoms with Crippen molar-refractivity contribution in [1.82, 2.24) is 20.9 Å². The van der Waals surface area contributed by atoms with Crippen molar-refractivity contribution in [3.63, 3.8) is 0 Å². The largest absolute Gasteiger partial charge is 0.387 e. The third kappa shape index (κ3) is 6.96. The van der Waals surface area contributed by atoms with Gasteiger partial charge in [-0.2, -0.15) is 0 Å². The van der Waals surface area contributed by atoms with E-state index in [4.69, 9.17) is 0 Å². The minimum absolute atomic E-state index is 0.0538. The van der Waals surface area contributed by atoms with Crippen molar-refractivity contribution < 1.29 is 24.3 Å². The van der Waals surface area contributed by atoms with Crippen LogP contribution in [0.5, 0.6) is 0 Å². The third-order valence-corrected chi connectivity index (χ3v) is 8.66. The molecule has 1 aliphatic carbocycles.